The summed E-state index contributed by atoms with van der Waals surface area (Å²) in [5, 5.41) is 2.56. The molecule has 2 aromatic rings. The molecule has 7 nitrogen and oxygen atoms in total. The minimum absolute atomic E-state index is 0.121. The van der Waals surface area contributed by atoms with Crippen LogP contribution < -0.4 is 0 Å². The van der Waals surface area contributed by atoms with Crippen LogP contribution in [0.1, 0.15) is 25.0 Å². The highest BCUT2D eigenvalue weighted by Gasteiger charge is 2.58. The van der Waals surface area contributed by atoms with Crippen molar-refractivity contribution in [3.8, 4) is 0 Å². The van der Waals surface area contributed by atoms with Crippen molar-refractivity contribution in [2.24, 2.45) is 5.92 Å². The molecule has 1 aromatic carbocycles. The van der Waals surface area contributed by atoms with Crippen LogP contribution in [0.25, 0.3) is 10.9 Å². The lowest BCUT2D eigenvalue weighted by Crippen LogP contribution is -2.57. The van der Waals surface area contributed by atoms with Crippen molar-refractivity contribution in [3.63, 3.8) is 0 Å². The van der Waals surface area contributed by atoms with Crippen LogP contribution in [-0.2, 0) is 25.7 Å². The van der Waals surface area contributed by atoms with Crippen molar-refractivity contribution in [3.05, 3.63) is 54.7 Å². The second-order valence-electron chi connectivity index (χ2n) is 7.93. The van der Waals surface area contributed by atoms with Crippen molar-refractivity contribution in [2.75, 3.05) is 26.8 Å². The molecule has 3 heterocycles. The van der Waals surface area contributed by atoms with Gasteiger partial charge < -0.3 is 4.74 Å². The fourth-order valence-corrected chi connectivity index (χ4v) is 4.69. The van der Waals surface area contributed by atoms with Gasteiger partial charge in [0.2, 0.25) is 5.91 Å². The first-order valence-electron chi connectivity index (χ1n) is 10.3. The number of likely N-dealkylation sites (tertiary alicyclic amines) is 1. The van der Waals surface area contributed by atoms with Crippen molar-refractivity contribution in [2.45, 2.75) is 31.3 Å². The molecule has 2 aliphatic rings. The second kappa shape index (κ2) is 8.53. The van der Waals surface area contributed by atoms with Gasteiger partial charge in [-0.25, -0.2) is 5.06 Å². The van der Waals surface area contributed by atoms with Crippen molar-refractivity contribution in [1.82, 2.24) is 14.9 Å². The minimum atomic E-state index is -0.666. The Labute approximate surface area is 176 Å². The van der Waals surface area contributed by atoms with Crippen molar-refractivity contribution in [1.29, 1.82) is 0 Å². The van der Waals surface area contributed by atoms with Crippen LogP contribution >= 0.6 is 0 Å². The van der Waals surface area contributed by atoms with E-state index in [1.807, 2.05) is 18.2 Å². The van der Waals surface area contributed by atoms with Crippen LogP contribution in [0.4, 0.5) is 0 Å². The first-order valence-corrected chi connectivity index (χ1v) is 10.3. The molecule has 0 bridgehead atoms. The second-order valence-corrected chi connectivity index (χ2v) is 7.93. The molecule has 1 unspecified atom stereocenters. The fourth-order valence-electron chi connectivity index (χ4n) is 4.69. The predicted molar refractivity (Wildman–Crippen MR) is 112 cm³/mol. The Morgan fingerprint density at radius 3 is 2.77 bits per heavy atom. The monoisotopic (exact) mass is 409 g/mol. The van der Waals surface area contributed by atoms with Gasteiger partial charge in [-0.1, -0.05) is 30.3 Å². The van der Waals surface area contributed by atoms with Crippen molar-refractivity contribution >= 4 is 22.8 Å². The van der Waals surface area contributed by atoms with Gasteiger partial charge in [0.1, 0.15) is 0 Å². The molecule has 158 valence electrons. The number of nitrogens with zero attached hydrogens (tertiary/aromatic N) is 3. The molecule has 1 aromatic heterocycles. The first-order chi connectivity index (χ1) is 14.6. The number of hydroxylamine groups is 2. The van der Waals surface area contributed by atoms with E-state index >= 15 is 0 Å². The number of hydrogen-bond donors (Lipinski definition) is 0. The molecule has 7 heteroatoms. The topological polar surface area (TPSA) is 72.0 Å². The van der Waals surface area contributed by atoms with E-state index in [9.17, 15) is 9.59 Å². The van der Waals surface area contributed by atoms with Gasteiger partial charge >= 0.3 is 5.97 Å². The number of amides is 1. The zero-order chi connectivity index (χ0) is 21.1. The van der Waals surface area contributed by atoms with E-state index in [-0.39, 0.29) is 24.9 Å². The average molecular weight is 409 g/mol. The van der Waals surface area contributed by atoms with E-state index in [1.165, 1.54) is 12.2 Å². The number of esters is 1. The summed E-state index contributed by atoms with van der Waals surface area (Å²) < 4.78 is 5.01. The van der Waals surface area contributed by atoms with Gasteiger partial charge in [0, 0.05) is 31.4 Å². The maximum atomic E-state index is 12.6. The quantitative estimate of drug-likeness (QED) is 0.540. The Morgan fingerprint density at radius 1 is 1.27 bits per heavy atom. The van der Waals surface area contributed by atoms with Gasteiger partial charge in [0.05, 0.1) is 36.4 Å². The number of fused-ring (bicyclic) bond motifs is 1. The van der Waals surface area contributed by atoms with Crippen molar-refractivity contribution < 1.29 is 19.2 Å². The number of carbonyl (C=O) groups excluding carboxylic acids is 2. The number of hydrogen-bond acceptors (Lipinski definition) is 6. The highest BCUT2D eigenvalue weighted by molar-refractivity contribution is 5.88. The number of rotatable bonds is 6. The molecular formula is C23H27N3O4. The molecule has 0 saturated carbocycles. The lowest BCUT2D eigenvalue weighted by atomic mass is 9.77. The maximum absolute atomic E-state index is 12.6. The molecule has 1 atom stereocenters. The highest BCUT2D eigenvalue weighted by Crippen LogP contribution is 2.44. The van der Waals surface area contributed by atoms with Crippen LogP contribution in [0.5, 0.6) is 0 Å². The molecule has 30 heavy (non-hydrogen) atoms. The lowest BCUT2D eigenvalue weighted by Gasteiger charge is -2.45. The molecule has 0 aliphatic carbocycles. The Morgan fingerprint density at radius 2 is 2.03 bits per heavy atom. The molecule has 1 amide bonds. The molecule has 0 radical (unpaired) electrons. The SMILES string of the molecule is C=CCON1C(=O)CC(C(=O)OC)C12CCN(Cc1ccc3ccccc3n1)CC2. The molecule has 4 rings (SSSR count). The van der Waals surface area contributed by atoms with Gasteiger partial charge in [-0.3, -0.25) is 24.3 Å². The third-order valence-corrected chi connectivity index (χ3v) is 6.23. The number of pyridine rings is 1. The van der Waals surface area contributed by atoms with E-state index in [0.29, 0.717) is 12.8 Å². The van der Waals surface area contributed by atoms with Gasteiger partial charge in [-0.05, 0) is 25.0 Å². The molecular weight excluding hydrogens is 382 g/mol. The number of para-hydroxylation sites is 1. The van der Waals surface area contributed by atoms with Crippen LogP contribution in [0, 0.1) is 5.92 Å². The summed E-state index contributed by atoms with van der Waals surface area (Å²) in [6.07, 6.45) is 3.01. The Balaban J connectivity index is 1.49. The summed E-state index contributed by atoms with van der Waals surface area (Å²) >= 11 is 0. The van der Waals surface area contributed by atoms with E-state index in [1.54, 1.807) is 6.08 Å². The highest BCUT2D eigenvalue weighted by atomic mass is 16.7. The summed E-state index contributed by atoms with van der Waals surface area (Å²) in [4.78, 5) is 37.9. The smallest absolute Gasteiger partial charge is 0.311 e. The van der Waals surface area contributed by atoms with E-state index < -0.39 is 11.5 Å². The van der Waals surface area contributed by atoms with E-state index in [2.05, 4.69) is 29.7 Å². The van der Waals surface area contributed by atoms with Crippen LogP contribution in [0.2, 0.25) is 0 Å². The Hall–Kier alpha value is -2.77. The van der Waals surface area contributed by atoms with Gasteiger partial charge in [0.15, 0.2) is 0 Å². The molecule has 2 fully saturated rings. The number of methoxy groups -OCH3 is 1. The summed E-state index contributed by atoms with van der Waals surface area (Å²) in [5.41, 5.74) is 1.33. The Bertz CT molecular complexity index is 952. The Kier molecular flexibility index (Phi) is 5.83. The van der Waals surface area contributed by atoms with Crippen LogP contribution in [0.3, 0.4) is 0 Å². The summed E-state index contributed by atoms with van der Waals surface area (Å²) in [7, 11) is 1.37. The van der Waals surface area contributed by atoms with E-state index in [0.717, 1.165) is 36.2 Å². The maximum Gasteiger partial charge on any atom is 0.311 e. The summed E-state index contributed by atoms with van der Waals surface area (Å²) in [6.45, 7) is 6.10. The number of aromatic nitrogens is 1. The van der Waals surface area contributed by atoms with Gasteiger partial charge in [-0.2, -0.15) is 0 Å². The summed E-state index contributed by atoms with van der Waals surface area (Å²) in [6, 6.07) is 12.2. The average Bonchev–Trinajstić information content (AvgIpc) is 3.04. The van der Waals surface area contributed by atoms with E-state index in [4.69, 9.17) is 14.6 Å². The van der Waals surface area contributed by atoms with Crippen LogP contribution in [-0.4, -0.2) is 59.2 Å². The minimum Gasteiger partial charge on any atom is -0.469 e. The number of piperidine rings is 1. The number of carbonyl (C=O) groups is 2. The van der Waals surface area contributed by atoms with Gasteiger partial charge in [-0.15, -0.1) is 6.58 Å². The van der Waals surface area contributed by atoms with Gasteiger partial charge in [0.25, 0.3) is 0 Å². The number of benzene rings is 1. The predicted octanol–water partition coefficient (Wildman–Crippen LogP) is 2.71. The largest absolute Gasteiger partial charge is 0.469 e. The third kappa shape index (κ3) is 3.70. The molecule has 2 aliphatic heterocycles. The standard InChI is InChI=1S/C23H27N3O4/c1-3-14-30-26-21(27)15-19(22(28)29-2)23(26)10-12-25(13-11-23)16-18-9-8-17-6-4-5-7-20(17)24-18/h3-9,19H,1,10-16H2,2H3. The molecule has 0 N–H and O–H groups in total. The van der Waals surface area contributed by atoms with Crippen LogP contribution in [0.15, 0.2) is 49.1 Å². The summed E-state index contributed by atoms with van der Waals surface area (Å²) in [5.74, 6) is -1.03. The zero-order valence-corrected chi connectivity index (χ0v) is 17.3. The lowest BCUT2D eigenvalue weighted by molar-refractivity contribution is -0.218. The zero-order valence-electron chi connectivity index (χ0n) is 17.3. The third-order valence-electron chi connectivity index (χ3n) is 6.23. The fraction of sp³-hybridized carbons (Fsp3) is 0.435. The number of ether oxygens (including phenoxy) is 1. The first kappa shape index (κ1) is 20.5. The molecule has 2 saturated heterocycles. The normalized spacial score (nSPS) is 21.3. The molecule has 1 spiro atoms.